The van der Waals surface area contributed by atoms with E-state index >= 15 is 0 Å². The molecule has 0 fully saturated rings. The number of carbonyl (C=O) groups is 2. The van der Waals surface area contributed by atoms with Gasteiger partial charge in [0.25, 0.3) is 5.69 Å². The van der Waals surface area contributed by atoms with Crippen molar-refractivity contribution in [3.63, 3.8) is 0 Å². The molecular formula is C22H27N3O5. The largest absolute Gasteiger partial charge is 0.497 e. The second-order valence-electron chi connectivity index (χ2n) is 6.90. The number of ether oxygens (including phenoxy) is 1. The number of carbonyl (C=O) groups excluding carboxylic acids is 2. The lowest BCUT2D eigenvalue weighted by atomic mass is 10.1. The van der Waals surface area contributed by atoms with Crippen LogP contribution in [-0.4, -0.2) is 41.3 Å². The average molecular weight is 413 g/mol. The maximum atomic E-state index is 13.1. The highest BCUT2D eigenvalue weighted by atomic mass is 16.6. The van der Waals surface area contributed by atoms with Crippen molar-refractivity contribution in [1.29, 1.82) is 0 Å². The minimum atomic E-state index is -0.728. The SMILES string of the molecule is CCCNC(=O)[C@H](C)N(Cc1ccc(OC)cc1)C(=O)Cc1ccccc1[N+](=O)[O-]. The van der Waals surface area contributed by atoms with Crippen molar-refractivity contribution in [1.82, 2.24) is 10.2 Å². The van der Waals surface area contributed by atoms with Gasteiger partial charge in [-0.05, 0) is 31.0 Å². The first-order valence-electron chi connectivity index (χ1n) is 9.79. The number of benzene rings is 2. The standard InChI is InChI=1S/C22H27N3O5/c1-4-13-23-22(27)16(2)24(15-17-9-11-19(30-3)12-10-17)21(26)14-18-7-5-6-8-20(18)25(28)29/h5-12,16H,4,13-15H2,1-3H3,(H,23,27)/t16-/m0/s1. The molecule has 8 nitrogen and oxygen atoms in total. The average Bonchev–Trinajstić information content (AvgIpc) is 2.75. The van der Waals surface area contributed by atoms with E-state index < -0.39 is 11.0 Å². The number of amides is 2. The van der Waals surface area contributed by atoms with Crippen LogP contribution in [0.15, 0.2) is 48.5 Å². The minimum absolute atomic E-state index is 0.113. The van der Waals surface area contributed by atoms with Crippen LogP contribution in [-0.2, 0) is 22.6 Å². The molecular weight excluding hydrogens is 386 g/mol. The van der Waals surface area contributed by atoms with Crippen molar-refractivity contribution in [3.8, 4) is 5.75 Å². The highest BCUT2D eigenvalue weighted by molar-refractivity contribution is 5.88. The molecule has 0 unspecified atom stereocenters. The first-order chi connectivity index (χ1) is 14.4. The minimum Gasteiger partial charge on any atom is -0.497 e. The molecule has 30 heavy (non-hydrogen) atoms. The van der Waals surface area contributed by atoms with Gasteiger partial charge < -0.3 is 15.0 Å². The summed E-state index contributed by atoms with van der Waals surface area (Å²) in [7, 11) is 1.57. The fourth-order valence-corrected chi connectivity index (χ4v) is 3.01. The summed E-state index contributed by atoms with van der Waals surface area (Å²) in [5.41, 5.74) is 1.02. The molecule has 0 aromatic heterocycles. The Labute approximate surface area is 176 Å². The Kier molecular flexibility index (Phi) is 8.34. The lowest BCUT2D eigenvalue weighted by Gasteiger charge is -2.29. The van der Waals surface area contributed by atoms with Crippen LogP contribution in [0.4, 0.5) is 5.69 Å². The predicted octanol–water partition coefficient (Wildman–Crippen LogP) is 3.09. The van der Waals surface area contributed by atoms with Crippen LogP contribution in [0.1, 0.15) is 31.4 Å². The highest BCUT2D eigenvalue weighted by Gasteiger charge is 2.27. The van der Waals surface area contributed by atoms with Gasteiger partial charge in [0.2, 0.25) is 11.8 Å². The Morgan fingerprint density at radius 2 is 1.83 bits per heavy atom. The molecule has 2 rings (SSSR count). The van der Waals surface area contributed by atoms with Gasteiger partial charge in [0.05, 0.1) is 18.5 Å². The van der Waals surface area contributed by atoms with E-state index in [4.69, 9.17) is 4.74 Å². The molecule has 0 bridgehead atoms. The third kappa shape index (κ3) is 6.04. The van der Waals surface area contributed by atoms with Crippen LogP contribution in [0.5, 0.6) is 5.75 Å². The molecule has 2 amide bonds. The van der Waals surface area contributed by atoms with Crippen molar-refractivity contribution in [2.75, 3.05) is 13.7 Å². The Morgan fingerprint density at radius 1 is 1.17 bits per heavy atom. The summed E-state index contributed by atoms with van der Waals surface area (Å²) in [4.78, 5) is 37.9. The maximum absolute atomic E-state index is 13.1. The van der Waals surface area contributed by atoms with Gasteiger partial charge in [0.1, 0.15) is 11.8 Å². The molecule has 0 heterocycles. The molecule has 0 aliphatic rings. The van der Waals surface area contributed by atoms with Gasteiger partial charge in [0.15, 0.2) is 0 Å². The van der Waals surface area contributed by atoms with E-state index in [0.29, 0.717) is 17.9 Å². The van der Waals surface area contributed by atoms with Crippen LogP contribution in [0.2, 0.25) is 0 Å². The second kappa shape index (κ2) is 10.9. The molecule has 2 aromatic carbocycles. The summed E-state index contributed by atoms with van der Waals surface area (Å²) < 4.78 is 5.16. The molecule has 0 saturated carbocycles. The summed E-state index contributed by atoms with van der Waals surface area (Å²) in [5, 5.41) is 14.1. The fraction of sp³-hybridized carbons (Fsp3) is 0.364. The van der Waals surface area contributed by atoms with E-state index in [2.05, 4.69) is 5.32 Å². The van der Waals surface area contributed by atoms with Crippen LogP contribution in [0.3, 0.4) is 0 Å². The number of nitrogens with one attached hydrogen (secondary N) is 1. The van der Waals surface area contributed by atoms with Crippen LogP contribution in [0, 0.1) is 10.1 Å². The van der Waals surface area contributed by atoms with E-state index in [1.54, 1.807) is 44.4 Å². The van der Waals surface area contributed by atoms with Gasteiger partial charge in [-0.2, -0.15) is 0 Å². The molecule has 0 saturated heterocycles. The third-order valence-electron chi connectivity index (χ3n) is 4.76. The highest BCUT2D eigenvalue weighted by Crippen LogP contribution is 2.21. The topological polar surface area (TPSA) is 102 Å². The van der Waals surface area contributed by atoms with Gasteiger partial charge in [0, 0.05) is 24.7 Å². The van der Waals surface area contributed by atoms with Crippen LogP contribution >= 0.6 is 0 Å². The zero-order valence-corrected chi connectivity index (χ0v) is 17.5. The Bertz CT molecular complexity index is 883. The molecule has 160 valence electrons. The van der Waals surface area contributed by atoms with E-state index in [-0.39, 0.29) is 30.5 Å². The first kappa shape index (κ1) is 22.9. The molecule has 1 N–H and O–H groups in total. The van der Waals surface area contributed by atoms with Gasteiger partial charge in [-0.3, -0.25) is 19.7 Å². The van der Waals surface area contributed by atoms with E-state index in [9.17, 15) is 19.7 Å². The van der Waals surface area contributed by atoms with E-state index in [0.717, 1.165) is 12.0 Å². The predicted molar refractivity (Wildman–Crippen MR) is 113 cm³/mol. The Balaban J connectivity index is 2.28. The number of hydrogen-bond acceptors (Lipinski definition) is 5. The van der Waals surface area contributed by atoms with Gasteiger partial charge in [-0.1, -0.05) is 37.3 Å². The number of nitro groups is 1. The number of hydrogen-bond donors (Lipinski definition) is 1. The Morgan fingerprint density at radius 3 is 2.43 bits per heavy atom. The van der Waals surface area contributed by atoms with Gasteiger partial charge >= 0.3 is 0 Å². The molecule has 1 atom stereocenters. The van der Waals surface area contributed by atoms with Gasteiger partial charge in [-0.15, -0.1) is 0 Å². The number of nitro benzene ring substituents is 1. The monoisotopic (exact) mass is 413 g/mol. The molecule has 8 heteroatoms. The summed E-state index contributed by atoms with van der Waals surface area (Å²) in [6.07, 6.45) is 0.611. The first-order valence-corrected chi connectivity index (χ1v) is 9.79. The normalized spacial score (nSPS) is 11.4. The summed E-state index contributed by atoms with van der Waals surface area (Å²) in [6, 6.07) is 12.6. The summed E-state index contributed by atoms with van der Waals surface area (Å²) in [5.74, 6) is 0.0609. The summed E-state index contributed by atoms with van der Waals surface area (Å²) >= 11 is 0. The number of para-hydroxylation sites is 1. The fourth-order valence-electron chi connectivity index (χ4n) is 3.01. The molecule has 2 aromatic rings. The lowest BCUT2D eigenvalue weighted by Crippen LogP contribution is -2.48. The smallest absolute Gasteiger partial charge is 0.273 e. The molecule has 0 aliphatic heterocycles. The van der Waals surface area contributed by atoms with Crippen LogP contribution < -0.4 is 10.1 Å². The quantitative estimate of drug-likeness (QED) is 0.476. The Hall–Kier alpha value is -3.42. The van der Waals surface area contributed by atoms with Crippen LogP contribution in [0.25, 0.3) is 0 Å². The van der Waals surface area contributed by atoms with Gasteiger partial charge in [-0.25, -0.2) is 0 Å². The number of methoxy groups -OCH3 is 1. The molecule has 0 aliphatic carbocycles. The van der Waals surface area contributed by atoms with Crippen molar-refractivity contribution in [2.24, 2.45) is 0 Å². The lowest BCUT2D eigenvalue weighted by molar-refractivity contribution is -0.385. The second-order valence-corrected chi connectivity index (χ2v) is 6.90. The molecule has 0 radical (unpaired) electrons. The third-order valence-corrected chi connectivity index (χ3v) is 4.76. The van der Waals surface area contributed by atoms with Crippen molar-refractivity contribution >= 4 is 17.5 Å². The molecule has 0 spiro atoms. The zero-order chi connectivity index (χ0) is 22.1. The zero-order valence-electron chi connectivity index (χ0n) is 17.5. The number of nitrogens with zero attached hydrogens (tertiary/aromatic N) is 2. The van der Waals surface area contributed by atoms with E-state index in [1.807, 2.05) is 19.1 Å². The van der Waals surface area contributed by atoms with Crippen molar-refractivity contribution in [2.45, 2.75) is 39.3 Å². The van der Waals surface area contributed by atoms with E-state index in [1.165, 1.54) is 11.0 Å². The maximum Gasteiger partial charge on any atom is 0.273 e. The van der Waals surface area contributed by atoms with Crippen molar-refractivity contribution < 1.29 is 19.2 Å². The van der Waals surface area contributed by atoms with Crippen molar-refractivity contribution in [3.05, 3.63) is 69.8 Å². The summed E-state index contributed by atoms with van der Waals surface area (Å²) in [6.45, 7) is 4.31. The number of rotatable bonds is 10.